The van der Waals surface area contributed by atoms with Crippen molar-refractivity contribution in [2.75, 3.05) is 27.0 Å². The highest BCUT2D eigenvalue weighted by Crippen LogP contribution is 2.39. The predicted octanol–water partition coefficient (Wildman–Crippen LogP) is 3.98. The fourth-order valence-electron chi connectivity index (χ4n) is 4.37. The van der Waals surface area contributed by atoms with E-state index in [-0.39, 0.29) is 32.3 Å². The molecule has 1 amide bonds. The minimum atomic E-state index is -0.550. The van der Waals surface area contributed by atoms with E-state index in [9.17, 15) is 9.59 Å². The number of nitrogens with zero attached hydrogens (tertiary/aromatic N) is 3. The smallest absolute Gasteiger partial charge is 0.339 e. The van der Waals surface area contributed by atoms with Gasteiger partial charge in [0.15, 0.2) is 18.1 Å². The van der Waals surface area contributed by atoms with E-state index in [1.807, 2.05) is 48.5 Å². The molecule has 3 aromatic rings. The number of nitriles is 1. The Morgan fingerprint density at radius 2 is 2.00 bits per heavy atom. The van der Waals surface area contributed by atoms with Gasteiger partial charge in [-0.05, 0) is 53.8 Å². The second-order valence-electron chi connectivity index (χ2n) is 8.41. The van der Waals surface area contributed by atoms with E-state index in [1.165, 1.54) is 4.90 Å². The second-order valence-corrected chi connectivity index (χ2v) is 8.41. The normalized spacial score (nSPS) is 14.6. The molecule has 176 valence electrons. The van der Waals surface area contributed by atoms with E-state index in [0.717, 1.165) is 34.6 Å². The molecule has 0 fully saturated rings. The molecular weight excluding hydrogens is 446 g/mol. The summed E-state index contributed by atoms with van der Waals surface area (Å²) in [6.45, 7) is 0.119. The van der Waals surface area contributed by atoms with Crippen LogP contribution >= 0.6 is 0 Å². The Bertz CT molecular complexity index is 1410. The number of fused-ring (bicyclic) bond motifs is 3. The first kappa shape index (κ1) is 22.4. The summed E-state index contributed by atoms with van der Waals surface area (Å²) in [5.74, 6) is 0.525. The monoisotopic (exact) mass is 469 g/mol. The van der Waals surface area contributed by atoms with Crippen LogP contribution in [0.2, 0.25) is 0 Å². The molecule has 0 spiro atoms. The van der Waals surface area contributed by atoms with Crippen LogP contribution in [-0.4, -0.2) is 48.8 Å². The molecule has 0 saturated heterocycles. The third-order valence-electron chi connectivity index (χ3n) is 6.19. The van der Waals surface area contributed by atoms with Crippen molar-refractivity contribution in [3.63, 3.8) is 0 Å². The molecule has 5 rings (SSSR count). The van der Waals surface area contributed by atoms with Crippen molar-refractivity contribution in [1.82, 2.24) is 9.88 Å². The molecule has 8 nitrogen and oxygen atoms in total. The van der Waals surface area contributed by atoms with Gasteiger partial charge in [0.25, 0.3) is 5.91 Å². The number of hydrogen-bond donors (Lipinski definition) is 0. The molecule has 2 heterocycles. The number of rotatable bonds is 6. The molecular formula is C27H23N3O5. The molecule has 35 heavy (non-hydrogen) atoms. The van der Waals surface area contributed by atoms with Crippen molar-refractivity contribution < 1.29 is 23.8 Å². The van der Waals surface area contributed by atoms with E-state index < -0.39 is 5.97 Å². The highest BCUT2D eigenvalue weighted by Gasteiger charge is 2.28. The van der Waals surface area contributed by atoms with Crippen molar-refractivity contribution in [3.05, 3.63) is 64.8 Å². The van der Waals surface area contributed by atoms with Gasteiger partial charge in [-0.15, -0.1) is 0 Å². The molecule has 0 saturated carbocycles. The molecule has 0 bridgehead atoms. The number of carbonyl (C=O) groups excluding carboxylic acids is 2. The van der Waals surface area contributed by atoms with Crippen LogP contribution in [-0.2, 0) is 16.0 Å². The fourth-order valence-corrected chi connectivity index (χ4v) is 4.37. The number of pyridine rings is 1. The second kappa shape index (κ2) is 9.47. The first-order valence-corrected chi connectivity index (χ1v) is 11.4. The largest absolute Gasteiger partial charge is 0.454 e. The van der Waals surface area contributed by atoms with Crippen molar-refractivity contribution >= 4 is 34.4 Å². The lowest BCUT2D eigenvalue weighted by Gasteiger charge is -2.16. The summed E-state index contributed by atoms with van der Waals surface area (Å²) in [5, 5.41) is 9.41. The van der Waals surface area contributed by atoms with Crippen molar-refractivity contribution in [2.24, 2.45) is 0 Å². The number of hydrogen-bond acceptors (Lipinski definition) is 7. The topological polar surface area (TPSA) is 102 Å². The van der Waals surface area contributed by atoms with Crippen LogP contribution in [0.5, 0.6) is 11.5 Å². The molecule has 0 unspecified atom stereocenters. The van der Waals surface area contributed by atoms with Crippen molar-refractivity contribution in [1.29, 1.82) is 5.26 Å². The average Bonchev–Trinajstić information content (AvgIpc) is 3.50. The van der Waals surface area contributed by atoms with Crippen LogP contribution < -0.4 is 9.47 Å². The van der Waals surface area contributed by atoms with Crippen LogP contribution in [0.3, 0.4) is 0 Å². The molecule has 8 heteroatoms. The van der Waals surface area contributed by atoms with Crippen LogP contribution in [0.15, 0.2) is 42.5 Å². The maximum Gasteiger partial charge on any atom is 0.339 e. The van der Waals surface area contributed by atoms with Crippen LogP contribution in [0.4, 0.5) is 0 Å². The van der Waals surface area contributed by atoms with E-state index >= 15 is 0 Å². The summed E-state index contributed by atoms with van der Waals surface area (Å²) < 4.78 is 16.3. The molecule has 0 radical (unpaired) electrons. The zero-order valence-electron chi connectivity index (χ0n) is 19.2. The molecule has 0 N–H and O–H groups in total. The third-order valence-corrected chi connectivity index (χ3v) is 6.19. The lowest BCUT2D eigenvalue weighted by molar-refractivity contribution is -0.133. The Morgan fingerprint density at radius 3 is 2.86 bits per heavy atom. The van der Waals surface area contributed by atoms with Gasteiger partial charge in [-0.3, -0.25) is 4.79 Å². The highest BCUT2D eigenvalue weighted by atomic mass is 16.7. The van der Waals surface area contributed by atoms with E-state index in [4.69, 9.17) is 24.5 Å². The lowest BCUT2D eigenvalue weighted by Crippen LogP contribution is -2.32. The summed E-state index contributed by atoms with van der Waals surface area (Å²) in [4.78, 5) is 31.8. The third kappa shape index (κ3) is 4.41. The number of para-hydroxylation sites is 1. The minimum Gasteiger partial charge on any atom is -0.454 e. The van der Waals surface area contributed by atoms with Gasteiger partial charge >= 0.3 is 5.97 Å². The Labute approximate surface area is 202 Å². The van der Waals surface area contributed by atoms with Gasteiger partial charge in [0, 0.05) is 19.0 Å². The average molecular weight is 469 g/mol. The molecule has 1 aliphatic carbocycles. The van der Waals surface area contributed by atoms with Gasteiger partial charge in [0.2, 0.25) is 6.79 Å². The van der Waals surface area contributed by atoms with Crippen LogP contribution in [0, 0.1) is 11.3 Å². The van der Waals surface area contributed by atoms with E-state index in [2.05, 4.69) is 6.08 Å². The number of allylic oxidation sites excluding steroid dienone is 1. The Hall–Kier alpha value is -4.38. The van der Waals surface area contributed by atoms with E-state index in [1.54, 1.807) is 7.05 Å². The molecule has 1 aromatic heterocycles. The summed E-state index contributed by atoms with van der Waals surface area (Å²) in [5.41, 5.74) is 4.71. The first-order valence-electron chi connectivity index (χ1n) is 11.4. The Kier molecular flexibility index (Phi) is 6.06. The number of likely N-dealkylation sites (N-methyl/N-ethyl adjacent to an activating group) is 1. The van der Waals surface area contributed by atoms with Gasteiger partial charge in [0.1, 0.15) is 0 Å². The van der Waals surface area contributed by atoms with E-state index in [0.29, 0.717) is 28.6 Å². The summed E-state index contributed by atoms with van der Waals surface area (Å²) in [6.07, 6.45) is 3.64. The van der Waals surface area contributed by atoms with Gasteiger partial charge in [-0.25, -0.2) is 9.78 Å². The van der Waals surface area contributed by atoms with Crippen molar-refractivity contribution in [3.8, 4) is 17.6 Å². The quantitative estimate of drug-likeness (QED) is 0.503. The molecule has 2 aliphatic rings. The van der Waals surface area contributed by atoms with Gasteiger partial charge in [-0.1, -0.05) is 24.3 Å². The Morgan fingerprint density at radius 1 is 1.17 bits per heavy atom. The lowest BCUT2D eigenvalue weighted by atomic mass is 10.0. The minimum absolute atomic E-state index is 0.216. The Balaban J connectivity index is 1.46. The number of benzene rings is 2. The van der Waals surface area contributed by atoms with Crippen LogP contribution in [0.1, 0.15) is 40.0 Å². The standard InChI is InChI=1S/C27H23N3O5/c1-30(12-4-11-28)24(31)15-33-27(32)25-19-5-2-3-6-21(19)29-26-18(8-9-20(25)26)13-17-7-10-22-23(14-17)35-16-34-22/h2-3,5-7,10,13-14H,4,8-9,12,15-16H2,1H3/b18-13+. The highest BCUT2D eigenvalue weighted by molar-refractivity contribution is 6.07. The maximum absolute atomic E-state index is 13.2. The summed E-state index contributed by atoms with van der Waals surface area (Å²) in [6, 6.07) is 15.2. The molecule has 0 atom stereocenters. The number of ether oxygens (including phenoxy) is 3. The predicted molar refractivity (Wildman–Crippen MR) is 129 cm³/mol. The summed E-state index contributed by atoms with van der Waals surface area (Å²) in [7, 11) is 1.58. The maximum atomic E-state index is 13.2. The number of esters is 1. The van der Waals surface area contributed by atoms with Gasteiger partial charge in [-0.2, -0.15) is 5.26 Å². The number of amides is 1. The number of carbonyl (C=O) groups is 2. The molecule has 1 aliphatic heterocycles. The van der Waals surface area contributed by atoms with Crippen molar-refractivity contribution in [2.45, 2.75) is 19.3 Å². The van der Waals surface area contributed by atoms with Gasteiger partial charge in [0.05, 0.1) is 29.3 Å². The zero-order valence-corrected chi connectivity index (χ0v) is 19.2. The van der Waals surface area contributed by atoms with Gasteiger partial charge < -0.3 is 19.1 Å². The zero-order chi connectivity index (χ0) is 24.4. The first-order chi connectivity index (χ1) is 17.0. The number of aromatic nitrogens is 1. The SMILES string of the molecule is CN(CCC#N)C(=O)COC(=O)c1c2c(nc3ccccc13)/C(=C/c1ccc3c(c1)OCO3)CC2. The summed E-state index contributed by atoms with van der Waals surface area (Å²) >= 11 is 0. The fraction of sp³-hybridized carbons (Fsp3) is 0.259. The molecule has 2 aromatic carbocycles. The van der Waals surface area contributed by atoms with Crippen LogP contribution in [0.25, 0.3) is 22.6 Å².